The number of fused-ring (bicyclic) bond motifs is 3. The SMILES string of the molecule is Cc1ccc(C(=O)O)c2c1N[C@H](c1ccc(Cl)c([N+](=O)[O-])c1)[C@@H]1CC=C[C@H]21. The van der Waals surface area contributed by atoms with Crippen LogP contribution in [0.15, 0.2) is 42.5 Å². The summed E-state index contributed by atoms with van der Waals surface area (Å²) in [5.74, 6) is -0.919. The maximum atomic E-state index is 11.7. The second-order valence-electron chi connectivity index (χ2n) is 6.97. The fourth-order valence-electron chi connectivity index (χ4n) is 4.23. The van der Waals surface area contributed by atoms with Crippen molar-refractivity contribution in [1.82, 2.24) is 0 Å². The molecule has 2 aliphatic rings. The van der Waals surface area contributed by atoms with Crippen molar-refractivity contribution in [2.24, 2.45) is 5.92 Å². The van der Waals surface area contributed by atoms with Crippen LogP contribution in [-0.4, -0.2) is 16.0 Å². The molecule has 6 nitrogen and oxygen atoms in total. The number of anilines is 1. The minimum absolute atomic E-state index is 0.0491. The average molecular weight is 385 g/mol. The largest absolute Gasteiger partial charge is 0.478 e. The second kappa shape index (κ2) is 6.39. The molecule has 7 heteroatoms. The van der Waals surface area contributed by atoms with Crippen LogP contribution >= 0.6 is 11.6 Å². The first-order chi connectivity index (χ1) is 12.9. The van der Waals surface area contributed by atoms with E-state index in [2.05, 4.69) is 11.4 Å². The van der Waals surface area contributed by atoms with Gasteiger partial charge in [0.05, 0.1) is 16.5 Å². The molecular formula is C20H17ClN2O4. The van der Waals surface area contributed by atoms with Gasteiger partial charge in [0.2, 0.25) is 0 Å². The Morgan fingerprint density at radius 1 is 1.33 bits per heavy atom. The van der Waals surface area contributed by atoms with Gasteiger partial charge < -0.3 is 10.4 Å². The highest BCUT2D eigenvalue weighted by Gasteiger charge is 2.41. The second-order valence-corrected chi connectivity index (χ2v) is 7.37. The maximum Gasteiger partial charge on any atom is 0.336 e. The molecule has 0 saturated carbocycles. The zero-order valence-corrected chi connectivity index (χ0v) is 15.2. The molecule has 1 aliphatic heterocycles. The first-order valence-electron chi connectivity index (χ1n) is 8.62. The quantitative estimate of drug-likeness (QED) is 0.437. The molecule has 138 valence electrons. The number of benzene rings is 2. The van der Waals surface area contributed by atoms with Gasteiger partial charge in [0, 0.05) is 17.7 Å². The summed E-state index contributed by atoms with van der Waals surface area (Å²) in [4.78, 5) is 22.5. The van der Waals surface area contributed by atoms with Crippen LogP contribution in [0.4, 0.5) is 11.4 Å². The highest BCUT2D eigenvalue weighted by atomic mass is 35.5. The van der Waals surface area contributed by atoms with E-state index in [0.717, 1.165) is 28.8 Å². The van der Waals surface area contributed by atoms with Gasteiger partial charge >= 0.3 is 5.97 Å². The normalized spacial score (nSPS) is 22.7. The Balaban J connectivity index is 1.86. The van der Waals surface area contributed by atoms with Gasteiger partial charge in [0.1, 0.15) is 5.02 Å². The van der Waals surface area contributed by atoms with Crippen LogP contribution in [0.5, 0.6) is 0 Å². The Labute approximate surface area is 160 Å². The molecule has 0 aromatic heterocycles. The van der Waals surface area contributed by atoms with Gasteiger partial charge in [-0.1, -0.05) is 35.9 Å². The van der Waals surface area contributed by atoms with E-state index in [9.17, 15) is 20.0 Å². The minimum atomic E-state index is -0.951. The molecule has 0 amide bonds. The average Bonchev–Trinajstić information content (AvgIpc) is 3.11. The van der Waals surface area contributed by atoms with Crippen molar-refractivity contribution in [2.75, 3.05) is 5.32 Å². The van der Waals surface area contributed by atoms with Gasteiger partial charge in [-0.3, -0.25) is 10.1 Å². The molecule has 0 fully saturated rings. The van der Waals surface area contributed by atoms with Gasteiger partial charge in [-0.05, 0) is 48.1 Å². The Morgan fingerprint density at radius 3 is 2.81 bits per heavy atom. The number of allylic oxidation sites excluding steroid dienone is 2. The van der Waals surface area contributed by atoms with Crippen molar-refractivity contribution < 1.29 is 14.8 Å². The lowest BCUT2D eigenvalue weighted by atomic mass is 9.74. The lowest BCUT2D eigenvalue weighted by Gasteiger charge is -2.39. The number of carboxylic acid groups (broad SMARTS) is 1. The third kappa shape index (κ3) is 2.77. The molecule has 2 aromatic carbocycles. The third-order valence-electron chi connectivity index (χ3n) is 5.48. The fraction of sp³-hybridized carbons (Fsp3) is 0.250. The van der Waals surface area contributed by atoms with E-state index in [0.29, 0.717) is 5.56 Å². The van der Waals surface area contributed by atoms with Gasteiger partial charge in [-0.25, -0.2) is 4.79 Å². The number of carboxylic acids is 1. The topological polar surface area (TPSA) is 92.5 Å². The predicted octanol–water partition coefficient (Wildman–Crippen LogP) is 5.08. The minimum Gasteiger partial charge on any atom is -0.478 e. The number of aromatic carboxylic acids is 1. The number of hydrogen-bond donors (Lipinski definition) is 2. The molecule has 0 spiro atoms. The van der Waals surface area contributed by atoms with Crippen LogP contribution < -0.4 is 5.32 Å². The summed E-state index contributed by atoms with van der Waals surface area (Å²) in [6.45, 7) is 1.93. The van der Waals surface area contributed by atoms with Crippen LogP contribution in [0.25, 0.3) is 0 Å². The molecule has 1 heterocycles. The van der Waals surface area contributed by atoms with Crippen molar-refractivity contribution in [1.29, 1.82) is 0 Å². The van der Waals surface area contributed by atoms with E-state index >= 15 is 0 Å². The Kier molecular flexibility index (Phi) is 4.15. The highest BCUT2D eigenvalue weighted by Crippen LogP contribution is 2.52. The van der Waals surface area contributed by atoms with Gasteiger partial charge in [0.25, 0.3) is 5.69 Å². The van der Waals surface area contributed by atoms with Gasteiger partial charge in [-0.2, -0.15) is 0 Å². The zero-order chi connectivity index (χ0) is 19.3. The van der Waals surface area contributed by atoms with E-state index in [-0.39, 0.29) is 28.6 Å². The summed E-state index contributed by atoms with van der Waals surface area (Å²) < 4.78 is 0. The van der Waals surface area contributed by atoms with E-state index in [4.69, 9.17) is 11.6 Å². The van der Waals surface area contributed by atoms with E-state index < -0.39 is 10.9 Å². The lowest BCUT2D eigenvalue weighted by molar-refractivity contribution is -0.384. The zero-order valence-electron chi connectivity index (χ0n) is 14.5. The van der Waals surface area contributed by atoms with E-state index in [1.807, 2.05) is 13.0 Å². The summed E-state index contributed by atoms with van der Waals surface area (Å²) in [5, 5.41) is 24.5. The third-order valence-corrected chi connectivity index (χ3v) is 5.80. The number of nitro benzene ring substituents is 1. The van der Waals surface area contributed by atoms with Crippen LogP contribution in [0.2, 0.25) is 5.02 Å². The number of halogens is 1. The van der Waals surface area contributed by atoms with Crippen LogP contribution in [0.1, 0.15) is 45.4 Å². The number of rotatable bonds is 3. The molecule has 4 rings (SSSR count). The summed E-state index contributed by atoms with van der Waals surface area (Å²) in [5.41, 5.74) is 3.48. The monoisotopic (exact) mass is 384 g/mol. The van der Waals surface area contributed by atoms with Gasteiger partial charge in [-0.15, -0.1) is 0 Å². The summed E-state index contributed by atoms with van der Waals surface area (Å²) >= 11 is 5.96. The highest BCUT2D eigenvalue weighted by molar-refractivity contribution is 6.32. The molecule has 0 bridgehead atoms. The van der Waals surface area contributed by atoms with Gasteiger partial charge in [0.15, 0.2) is 0 Å². The molecule has 2 N–H and O–H groups in total. The number of carbonyl (C=O) groups is 1. The summed E-state index contributed by atoms with van der Waals surface area (Å²) in [6.07, 6.45) is 4.87. The molecule has 3 atom stereocenters. The molecule has 1 aliphatic carbocycles. The number of nitrogens with one attached hydrogen (secondary N) is 1. The number of aryl methyl sites for hydroxylation is 1. The van der Waals surface area contributed by atoms with Crippen molar-refractivity contribution in [3.63, 3.8) is 0 Å². The van der Waals surface area contributed by atoms with Crippen molar-refractivity contribution in [3.8, 4) is 0 Å². The van der Waals surface area contributed by atoms with E-state index in [1.54, 1.807) is 24.3 Å². The van der Waals surface area contributed by atoms with Crippen LogP contribution in [0.3, 0.4) is 0 Å². The van der Waals surface area contributed by atoms with Crippen LogP contribution in [0, 0.1) is 23.0 Å². The first-order valence-corrected chi connectivity index (χ1v) is 9.00. The fourth-order valence-corrected chi connectivity index (χ4v) is 4.42. The standard InChI is InChI=1S/C20H17ClN2O4/c1-10-5-7-14(20(24)25)17-12-3-2-4-13(12)19(22-18(10)17)11-6-8-15(21)16(9-11)23(26)27/h2-3,5-9,12-13,19,22H,4H2,1H3,(H,24,25)/t12-,13+,19+/m0/s1. The van der Waals surface area contributed by atoms with E-state index in [1.165, 1.54) is 6.07 Å². The lowest BCUT2D eigenvalue weighted by Crippen LogP contribution is -2.31. The van der Waals surface area contributed by atoms with Crippen LogP contribution in [-0.2, 0) is 0 Å². The molecule has 27 heavy (non-hydrogen) atoms. The number of hydrogen-bond acceptors (Lipinski definition) is 4. The maximum absolute atomic E-state index is 11.7. The molecular weight excluding hydrogens is 368 g/mol. The summed E-state index contributed by atoms with van der Waals surface area (Å²) in [7, 11) is 0. The van der Waals surface area contributed by atoms with Crippen molar-refractivity contribution >= 4 is 28.9 Å². The Bertz CT molecular complexity index is 1000. The Hall–Kier alpha value is -2.86. The molecule has 0 saturated heterocycles. The number of nitrogens with zero attached hydrogens (tertiary/aromatic N) is 1. The Morgan fingerprint density at radius 2 is 2.11 bits per heavy atom. The molecule has 2 aromatic rings. The predicted molar refractivity (Wildman–Crippen MR) is 103 cm³/mol. The molecule has 0 radical (unpaired) electrons. The number of nitro groups is 1. The van der Waals surface area contributed by atoms with Crippen molar-refractivity contribution in [3.05, 3.63) is 79.9 Å². The molecule has 0 unspecified atom stereocenters. The first kappa shape index (κ1) is 17.5. The summed E-state index contributed by atoms with van der Waals surface area (Å²) in [6, 6.07) is 8.12. The van der Waals surface area contributed by atoms with Crippen molar-refractivity contribution in [2.45, 2.75) is 25.3 Å². The smallest absolute Gasteiger partial charge is 0.336 e.